The molecule has 0 aliphatic heterocycles. The van der Waals surface area contributed by atoms with Crippen LogP contribution < -0.4 is 0 Å². The second-order valence-corrected chi connectivity index (χ2v) is 3.79. The maximum atomic E-state index is 11.5. The van der Waals surface area contributed by atoms with E-state index in [0.717, 1.165) is 4.90 Å². The molecular weight excluding hydrogens is 168 g/mol. The maximum Gasteiger partial charge on any atom is 0.0843 e. The van der Waals surface area contributed by atoms with Gasteiger partial charge in [-0.05, 0) is 12.1 Å². The van der Waals surface area contributed by atoms with Gasteiger partial charge < -0.3 is 0 Å². The van der Waals surface area contributed by atoms with Crippen molar-refractivity contribution >= 4 is 10.8 Å². The van der Waals surface area contributed by atoms with Crippen LogP contribution in [0.25, 0.3) is 0 Å². The van der Waals surface area contributed by atoms with Gasteiger partial charge in [0.15, 0.2) is 0 Å². The first-order valence-electron chi connectivity index (χ1n) is 3.54. The van der Waals surface area contributed by atoms with Crippen molar-refractivity contribution in [2.45, 2.75) is 4.90 Å². The molecule has 0 radical (unpaired) electrons. The van der Waals surface area contributed by atoms with E-state index in [1.54, 1.807) is 0 Å². The molecule has 1 atom stereocenters. The molecule has 0 N–H and O–H groups in total. The molecule has 0 saturated carbocycles. The van der Waals surface area contributed by atoms with Crippen LogP contribution in [0.2, 0.25) is 0 Å². The Kier molecular flexibility index (Phi) is 3.00. The summed E-state index contributed by atoms with van der Waals surface area (Å²) in [7, 11) is -1.14. The van der Waals surface area contributed by atoms with Crippen molar-refractivity contribution in [2.75, 3.05) is 0 Å². The topological polar surface area (TPSA) is 17.1 Å². The Morgan fingerprint density at radius 2 is 1.92 bits per heavy atom. The van der Waals surface area contributed by atoms with Crippen LogP contribution in [0.5, 0.6) is 0 Å². The largest absolute Gasteiger partial charge is 0.249 e. The Hall–Kier alpha value is -1.15. The van der Waals surface area contributed by atoms with Crippen molar-refractivity contribution in [3.63, 3.8) is 0 Å². The zero-order chi connectivity index (χ0) is 8.97. The summed E-state index contributed by atoms with van der Waals surface area (Å²) in [6, 6.07) is 9.21. The van der Waals surface area contributed by atoms with Crippen molar-refractivity contribution in [1.82, 2.24) is 0 Å². The molecule has 0 amide bonds. The van der Waals surface area contributed by atoms with E-state index in [1.807, 2.05) is 30.3 Å². The van der Waals surface area contributed by atoms with Gasteiger partial charge in [0, 0.05) is 9.80 Å². The third-order valence-electron chi connectivity index (χ3n) is 1.42. The normalized spacial score (nSPS) is 12.0. The molecule has 62 valence electrons. The summed E-state index contributed by atoms with van der Waals surface area (Å²) in [5, 5.41) is 0. The molecule has 0 bridgehead atoms. The van der Waals surface area contributed by atoms with E-state index >= 15 is 0 Å². The van der Waals surface area contributed by atoms with Crippen LogP contribution in [0.15, 0.2) is 59.4 Å². The molecular formula is C10H10OS. The van der Waals surface area contributed by atoms with Gasteiger partial charge >= 0.3 is 0 Å². The van der Waals surface area contributed by atoms with Crippen molar-refractivity contribution in [2.24, 2.45) is 0 Å². The molecule has 1 nitrogen and oxygen atoms in total. The highest BCUT2D eigenvalue weighted by molar-refractivity contribution is 7.89. The van der Waals surface area contributed by atoms with E-state index in [2.05, 4.69) is 13.2 Å². The van der Waals surface area contributed by atoms with Crippen molar-refractivity contribution < 1.29 is 4.21 Å². The third-order valence-corrected chi connectivity index (χ3v) is 2.77. The summed E-state index contributed by atoms with van der Waals surface area (Å²) in [6.45, 7) is 7.15. The zero-order valence-corrected chi connectivity index (χ0v) is 7.51. The van der Waals surface area contributed by atoms with E-state index in [9.17, 15) is 4.21 Å². The summed E-state index contributed by atoms with van der Waals surface area (Å²) in [5.74, 6) is 0. The molecule has 1 rings (SSSR count). The van der Waals surface area contributed by atoms with Gasteiger partial charge in [0.2, 0.25) is 0 Å². The number of rotatable bonds is 3. The Balaban J connectivity index is 2.93. The average molecular weight is 178 g/mol. The predicted molar refractivity (Wildman–Crippen MR) is 52.2 cm³/mol. The fourth-order valence-corrected chi connectivity index (χ4v) is 1.63. The van der Waals surface area contributed by atoms with Crippen LogP contribution in [0.3, 0.4) is 0 Å². The highest BCUT2D eigenvalue weighted by Gasteiger charge is 2.02. The van der Waals surface area contributed by atoms with Gasteiger partial charge in [-0.3, -0.25) is 0 Å². The molecule has 0 heterocycles. The highest BCUT2D eigenvalue weighted by Crippen LogP contribution is 2.12. The minimum atomic E-state index is -1.14. The molecule has 2 heteroatoms. The summed E-state index contributed by atoms with van der Waals surface area (Å²) in [6.07, 6.45) is 1.52. The molecule has 0 aliphatic carbocycles. The SMILES string of the molecule is C=CC(=C)S(=O)c1ccccc1. The van der Waals surface area contributed by atoms with Crippen LogP contribution in [0, 0.1) is 0 Å². The Morgan fingerprint density at radius 1 is 1.33 bits per heavy atom. The molecule has 0 aromatic heterocycles. The Labute approximate surface area is 74.9 Å². The lowest BCUT2D eigenvalue weighted by Crippen LogP contribution is -1.90. The minimum Gasteiger partial charge on any atom is -0.249 e. The molecule has 1 aromatic carbocycles. The molecule has 0 fully saturated rings. The van der Waals surface area contributed by atoms with E-state index < -0.39 is 10.8 Å². The number of benzene rings is 1. The standard InChI is InChI=1S/C10H10OS/c1-3-9(2)12(11)10-7-5-4-6-8-10/h3-8H,1-2H2. The van der Waals surface area contributed by atoms with E-state index in [1.165, 1.54) is 6.08 Å². The lowest BCUT2D eigenvalue weighted by atomic mass is 10.4. The second kappa shape index (κ2) is 4.02. The molecule has 1 aromatic rings. The number of hydrogen-bond donors (Lipinski definition) is 0. The Bertz CT molecular complexity index is 314. The first-order chi connectivity index (χ1) is 5.75. The minimum absolute atomic E-state index is 0.543. The number of hydrogen-bond acceptors (Lipinski definition) is 1. The summed E-state index contributed by atoms with van der Waals surface area (Å²) >= 11 is 0. The monoisotopic (exact) mass is 178 g/mol. The van der Waals surface area contributed by atoms with E-state index in [4.69, 9.17) is 0 Å². The van der Waals surface area contributed by atoms with Gasteiger partial charge in [-0.2, -0.15) is 0 Å². The smallest absolute Gasteiger partial charge is 0.0843 e. The average Bonchev–Trinajstić information content (AvgIpc) is 2.17. The number of allylic oxidation sites excluding steroid dienone is 1. The van der Waals surface area contributed by atoms with Crippen molar-refractivity contribution in [3.05, 3.63) is 54.5 Å². The van der Waals surface area contributed by atoms with E-state index in [0.29, 0.717) is 4.91 Å². The fourth-order valence-electron chi connectivity index (χ4n) is 0.771. The lowest BCUT2D eigenvalue weighted by molar-refractivity contribution is 0.687. The van der Waals surface area contributed by atoms with Gasteiger partial charge in [-0.25, -0.2) is 4.21 Å². The fraction of sp³-hybridized carbons (Fsp3) is 0. The summed E-state index contributed by atoms with van der Waals surface area (Å²) in [4.78, 5) is 1.31. The molecule has 0 aliphatic rings. The summed E-state index contributed by atoms with van der Waals surface area (Å²) < 4.78 is 11.5. The maximum absolute atomic E-state index is 11.5. The van der Waals surface area contributed by atoms with Crippen molar-refractivity contribution in [3.8, 4) is 0 Å². The first-order valence-corrected chi connectivity index (χ1v) is 4.69. The molecule has 12 heavy (non-hydrogen) atoms. The second-order valence-electron chi connectivity index (χ2n) is 2.25. The lowest BCUT2D eigenvalue weighted by Gasteiger charge is -1.99. The van der Waals surface area contributed by atoms with Gasteiger partial charge in [0.1, 0.15) is 0 Å². The molecule has 0 saturated heterocycles. The van der Waals surface area contributed by atoms with Crippen LogP contribution in [-0.2, 0) is 10.8 Å². The van der Waals surface area contributed by atoms with Gasteiger partial charge in [0.25, 0.3) is 0 Å². The predicted octanol–water partition coefficient (Wildman–Crippen LogP) is 2.49. The van der Waals surface area contributed by atoms with Gasteiger partial charge in [0.05, 0.1) is 10.8 Å². The van der Waals surface area contributed by atoms with Gasteiger partial charge in [-0.15, -0.1) is 0 Å². The van der Waals surface area contributed by atoms with Gasteiger partial charge in [-0.1, -0.05) is 37.4 Å². The van der Waals surface area contributed by atoms with E-state index in [-0.39, 0.29) is 0 Å². The summed E-state index contributed by atoms with van der Waals surface area (Å²) in [5.41, 5.74) is 0. The van der Waals surface area contributed by atoms with Crippen LogP contribution in [0.1, 0.15) is 0 Å². The highest BCUT2D eigenvalue weighted by atomic mass is 32.2. The zero-order valence-electron chi connectivity index (χ0n) is 6.69. The first kappa shape index (κ1) is 8.94. The molecule has 0 spiro atoms. The van der Waals surface area contributed by atoms with Crippen LogP contribution in [-0.4, -0.2) is 4.21 Å². The third kappa shape index (κ3) is 1.92. The van der Waals surface area contributed by atoms with Crippen LogP contribution >= 0.6 is 0 Å². The van der Waals surface area contributed by atoms with Crippen molar-refractivity contribution in [1.29, 1.82) is 0 Å². The Morgan fingerprint density at radius 3 is 2.42 bits per heavy atom. The molecule has 1 unspecified atom stereocenters. The quantitative estimate of drug-likeness (QED) is 0.650. The van der Waals surface area contributed by atoms with Crippen LogP contribution in [0.4, 0.5) is 0 Å².